The number of hydrogen-bond donors (Lipinski definition) is 6. The van der Waals surface area contributed by atoms with E-state index in [1.165, 1.54) is 4.85 Å². The number of fused-ring (bicyclic) bond motifs is 3. The van der Waals surface area contributed by atoms with Crippen molar-refractivity contribution in [3.8, 4) is 33.4 Å². The Balaban J connectivity index is 0.676. The molecule has 25 nitrogen and oxygen atoms in total. The van der Waals surface area contributed by atoms with Gasteiger partial charge in [0.2, 0.25) is 6.20 Å². The van der Waals surface area contributed by atoms with E-state index in [1.54, 1.807) is 85.7 Å². The van der Waals surface area contributed by atoms with Gasteiger partial charge in [-0.2, -0.15) is 39.0 Å². The molecular weight excluding hydrogens is 1030 g/mol. The molecule has 0 bridgehead atoms. The van der Waals surface area contributed by atoms with Crippen molar-refractivity contribution in [3.63, 3.8) is 0 Å². The van der Waals surface area contributed by atoms with Crippen LogP contribution in [0.4, 0.5) is 17.5 Å². The molecule has 9 N–H and O–H groups in total. The second-order valence-corrected chi connectivity index (χ2v) is 21.0. The van der Waals surface area contributed by atoms with Crippen molar-refractivity contribution in [2.24, 2.45) is 14.1 Å². The molecule has 12 heterocycles. The molecule has 0 aromatic carbocycles. The highest BCUT2D eigenvalue weighted by Gasteiger charge is 2.36. The summed E-state index contributed by atoms with van der Waals surface area (Å²) >= 11 is 3.68. The lowest BCUT2D eigenvalue weighted by Crippen LogP contribution is -2.51. The van der Waals surface area contributed by atoms with Gasteiger partial charge in [-0.3, -0.25) is 14.3 Å². The molecule has 3 saturated heterocycles. The van der Waals surface area contributed by atoms with E-state index in [2.05, 4.69) is 57.4 Å². The minimum absolute atomic E-state index is 0.0217. The standard InChI is InChI=1S/C49H57BrN21O4/c1-49(2,67-24-30(18-58-67)33-20-61-71-43(53)41(50)42(64-46(33)71)28-6-5-11-54-14-28)74-47(72)35-9-7-26(15-55-35)38-13-40(52)70-45(63-38)34(21-60-70)31-23-66(4)68(25-31)75-48(73)36-10-8-27(16-56-36)37-12-39(51)69-44(62-37)32(19-59-69)29-17-57-65(3)22-29/h12-13,17-28,35-36,54-56H,5-11,14-16,51-53H2,1-4H3/q+1/t26-,27-,28?,35-,36-/m0/s1. The first-order valence-corrected chi connectivity index (χ1v) is 25.8. The SMILES string of the molecule is Cn1cc(-c2cnn3c(N)cc([C@H]4CC[C@@H](C(=O)On5cc(-c6cnn7c(N)cc([C@H]8CC[C@@H](C(=O)OC(C)(C)n9cc(-c%10cnn%11c(N)c(Br)c(C%12CCCNC%12)nc%10%11)cn9)NC8)nc67)c[n+]5C)NC4)nc23)cn1. The number of aromatic nitrogens is 15. The minimum Gasteiger partial charge on any atom is -0.436 e. The summed E-state index contributed by atoms with van der Waals surface area (Å²) in [4.78, 5) is 49.8. The third-order valence-corrected chi connectivity index (χ3v) is 15.6. The average molecular weight is 1080 g/mol. The maximum Gasteiger partial charge on any atom is 0.355 e. The number of nitrogen functional groups attached to an aromatic ring is 3. The monoisotopic (exact) mass is 1080 g/mol. The first kappa shape index (κ1) is 48.1. The van der Waals surface area contributed by atoms with Crippen LogP contribution in [0.15, 0.2) is 72.4 Å². The second-order valence-electron chi connectivity index (χ2n) is 20.2. The molecule has 75 heavy (non-hydrogen) atoms. The zero-order valence-electron chi connectivity index (χ0n) is 41.8. The van der Waals surface area contributed by atoms with Gasteiger partial charge in [-0.05, 0) is 74.8 Å². The van der Waals surface area contributed by atoms with Gasteiger partial charge in [0.25, 0.3) is 0 Å². The Hall–Kier alpha value is -7.81. The highest BCUT2D eigenvalue weighted by molar-refractivity contribution is 9.10. The molecule has 0 amide bonds. The summed E-state index contributed by atoms with van der Waals surface area (Å²) in [6, 6.07) is 2.58. The van der Waals surface area contributed by atoms with Gasteiger partial charge in [0.1, 0.15) is 35.7 Å². The van der Waals surface area contributed by atoms with Gasteiger partial charge in [-0.1, -0.05) is 4.68 Å². The van der Waals surface area contributed by atoms with Crippen molar-refractivity contribution in [1.82, 2.24) is 84.2 Å². The van der Waals surface area contributed by atoms with E-state index in [1.807, 2.05) is 37.8 Å². The molecule has 9 aromatic heterocycles. The van der Waals surface area contributed by atoms with Crippen LogP contribution in [-0.4, -0.2) is 118 Å². The molecule has 3 aliphatic heterocycles. The van der Waals surface area contributed by atoms with E-state index in [0.29, 0.717) is 78.7 Å². The molecule has 3 fully saturated rings. The fourth-order valence-electron chi connectivity index (χ4n) is 10.6. The fraction of sp³-hybridized carbons (Fsp3) is 0.408. The molecule has 388 valence electrons. The number of nitrogens with two attached hydrogens (primary N) is 3. The Kier molecular flexibility index (Phi) is 12.1. The van der Waals surface area contributed by atoms with Crippen LogP contribution >= 0.6 is 15.9 Å². The Morgan fingerprint density at radius 1 is 0.693 bits per heavy atom. The van der Waals surface area contributed by atoms with Crippen molar-refractivity contribution >= 4 is 62.3 Å². The van der Waals surface area contributed by atoms with Crippen molar-refractivity contribution in [3.05, 3.63) is 89.5 Å². The van der Waals surface area contributed by atoms with Gasteiger partial charge < -0.3 is 37.9 Å². The first-order chi connectivity index (χ1) is 36.2. The average Bonchev–Trinajstić information content (AvgIpc) is 4.31. The smallest absolute Gasteiger partial charge is 0.355 e. The Morgan fingerprint density at radius 2 is 1.28 bits per heavy atom. The van der Waals surface area contributed by atoms with Gasteiger partial charge in [-0.25, -0.2) is 24.4 Å². The van der Waals surface area contributed by atoms with Crippen LogP contribution in [0, 0.1) is 0 Å². The van der Waals surface area contributed by atoms with Crippen LogP contribution in [0.1, 0.15) is 87.2 Å². The maximum absolute atomic E-state index is 13.8. The minimum atomic E-state index is -1.12. The molecular formula is C49H57BrN21O4+. The second kappa shape index (κ2) is 18.8. The van der Waals surface area contributed by atoms with Crippen LogP contribution in [-0.2, 0) is 34.1 Å². The quantitative estimate of drug-likeness (QED) is 0.0801. The number of carbonyl (C=O) groups is 2. The van der Waals surface area contributed by atoms with Crippen LogP contribution in [0.3, 0.4) is 0 Å². The van der Waals surface area contributed by atoms with Crippen LogP contribution in [0.25, 0.3) is 50.3 Å². The number of piperidine rings is 3. The summed E-state index contributed by atoms with van der Waals surface area (Å²) in [6.07, 6.45) is 20.4. The fourth-order valence-corrected chi connectivity index (χ4v) is 11.2. The van der Waals surface area contributed by atoms with E-state index in [4.69, 9.17) is 41.7 Å². The summed E-state index contributed by atoms with van der Waals surface area (Å²) < 4.78 is 16.8. The van der Waals surface area contributed by atoms with Crippen LogP contribution in [0.2, 0.25) is 0 Å². The number of carbonyl (C=O) groups excluding carboxylic acids is 2. The molecule has 0 radical (unpaired) electrons. The molecule has 12 rings (SSSR count). The number of aryl methyl sites for hydroxylation is 2. The van der Waals surface area contributed by atoms with Crippen molar-refractivity contribution in [2.75, 3.05) is 43.4 Å². The van der Waals surface area contributed by atoms with Crippen molar-refractivity contribution in [1.29, 1.82) is 0 Å². The van der Waals surface area contributed by atoms with E-state index in [-0.39, 0.29) is 23.7 Å². The number of hydrogen-bond acceptors (Lipinski definition) is 18. The first-order valence-electron chi connectivity index (χ1n) is 25.0. The van der Waals surface area contributed by atoms with Gasteiger partial charge in [0.05, 0.1) is 63.7 Å². The van der Waals surface area contributed by atoms with Crippen molar-refractivity contribution < 1.29 is 23.8 Å². The predicted octanol–water partition coefficient (Wildman–Crippen LogP) is 2.61. The van der Waals surface area contributed by atoms with E-state index < -0.39 is 23.8 Å². The molecule has 5 atom stereocenters. The van der Waals surface area contributed by atoms with E-state index in [9.17, 15) is 9.59 Å². The highest BCUT2D eigenvalue weighted by Crippen LogP contribution is 2.37. The molecule has 3 aliphatic rings. The third kappa shape index (κ3) is 8.79. The topological polar surface area (TPSA) is 302 Å². The number of anilines is 3. The zero-order valence-corrected chi connectivity index (χ0v) is 43.3. The summed E-state index contributed by atoms with van der Waals surface area (Å²) in [5, 5.41) is 32.7. The molecule has 0 saturated carbocycles. The van der Waals surface area contributed by atoms with Crippen LogP contribution < -0.4 is 42.7 Å². The number of rotatable bonds is 11. The van der Waals surface area contributed by atoms with Gasteiger partial charge >= 0.3 is 11.9 Å². The maximum atomic E-state index is 13.8. The molecule has 1 unspecified atom stereocenters. The Labute approximate surface area is 436 Å². The lowest BCUT2D eigenvalue weighted by molar-refractivity contribution is -0.774. The normalized spacial score (nSPS) is 20.6. The third-order valence-electron chi connectivity index (χ3n) is 14.8. The largest absolute Gasteiger partial charge is 0.436 e. The van der Waals surface area contributed by atoms with Gasteiger partial charge in [0.15, 0.2) is 29.7 Å². The summed E-state index contributed by atoms with van der Waals surface area (Å²) in [5.41, 5.74) is 27.5. The molecule has 0 spiro atoms. The van der Waals surface area contributed by atoms with E-state index in [0.717, 1.165) is 75.3 Å². The van der Waals surface area contributed by atoms with Gasteiger partial charge in [-0.15, -0.1) is 0 Å². The predicted molar refractivity (Wildman–Crippen MR) is 277 cm³/mol. The summed E-state index contributed by atoms with van der Waals surface area (Å²) in [7, 11) is 3.64. The summed E-state index contributed by atoms with van der Waals surface area (Å²) in [6.45, 7) is 6.39. The van der Waals surface area contributed by atoms with Crippen LogP contribution in [0.5, 0.6) is 0 Å². The van der Waals surface area contributed by atoms with Crippen molar-refractivity contribution in [2.45, 2.75) is 87.9 Å². The molecule has 9 aromatic rings. The summed E-state index contributed by atoms with van der Waals surface area (Å²) in [5.74, 6) is 0.759. The lowest BCUT2D eigenvalue weighted by Gasteiger charge is -2.32. The number of nitrogens with one attached hydrogen (secondary N) is 3. The number of esters is 1. The van der Waals surface area contributed by atoms with E-state index >= 15 is 0 Å². The zero-order chi connectivity index (χ0) is 51.9. The highest BCUT2D eigenvalue weighted by atomic mass is 79.9. The Morgan fingerprint density at radius 3 is 1.87 bits per heavy atom. The lowest BCUT2D eigenvalue weighted by atomic mass is 9.91. The Bertz CT molecular complexity index is 3660. The number of halogens is 1. The number of ether oxygens (including phenoxy) is 1. The number of nitrogens with zero attached hydrogens (tertiary/aromatic N) is 15. The molecule has 0 aliphatic carbocycles. The molecule has 26 heteroatoms. The van der Waals surface area contributed by atoms with Gasteiger partial charge in [0, 0.05) is 96.1 Å².